The van der Waals surface area contributed by atoms with Gasteiger partial charge in [-0.05, 0) is 20.3 Å². The van der Waals surface area contributed by atoms with Crippen LogP contribution in [0.5, 0.6) is 0 Å². The zero-order chi connectivity index (χ0) is 11.5. The molecular weight excluding hydrogens is 190 g/mol. The number of aromatic nitrogens is 2. The molecule has 15 heavy (non-hydrogen) atoms. The van der Waals surface area contributed by atoms with Gasteiger partial charge < -0.3 is 5.11 Å². The third-order valence-corrected chi connectivity index (χ3v) is 2.89. The van der Waals surface area contributed by atoms with E-state index < -0.39 is 11.5 Å². The Morgan fingerprint density at radius 2 is 2.33 bits per heavy atom. The summed E-state index contributed by atoms with van der Waals surface area (Å²) in [6, 6.07) is 2.17. The van der Waals surface area contributed by atoms with Crippen molar-refractivity contribution in [2.24, 2.45) is 5.41 Å². The third kappa shape index (κ3) is 2.18. The van der Waals surface area contributed by atoms with Crippen LogP contribution in [0, 0.1) is 16.7 Å². The van der Waals surface area contributed by atoms with Crippen LogP contribution in [-0.4, -0.2) is 14.9 Å². The van der Waals surface area contributed by atoms with Crippen LogP contribution in [0.15, 0.2) is 12.4 Å². The van der Waals surface area contributed by atoms with Gasteiger partial charge >= 0.3 is 0 Å². The Morgan fingerprint density at radius 1 is 1.67 bits per heavy atom. The molecule has 1 N–H and O–H groups in total. The van der Waals surface area contributed by atoms with Gasteiger partial charge in [0.1, 0.15) is 6.10 Å². The molecule has 0 bridgehead atoms. The van der Waals surface area contributed by atoms with E-state index in [0.29, 0.717) is 12.0 Å². The average Bonchev–Trinajstić information content (AvgIpc) is 2.75. The van der Waals surface area contributed by atoms with E-state index in [1.807, 2.05) is 13.8 Å². The second kappa shape index (κ2) is 4.45. The smallest absolute Gasteiger partial charge is 0.100 e. The topological polar surface area (TPSA) is 61.8 Å². The van der Waals surface area contributed by atoms with E-state index in [0.717, 1.165) is 6.54 Å². The molecule has 0 radical (unpaired) electrons. The summed E-state index contributed by atoms with van der Waals surface area (Å²) in [7, 11) is 0. The summed E-state index contributed by atoms with van der Waals surface area (Å²) in [5.74, 6) is 0. The first-order valence-corrected chi connectivity index (χ1v) is 5.19. The number of aryl methyl sites for hydroxylation is 1. The molecule has 0 spiro atoms. The second-order valence-corrected chi connectivity index (χ2v) is 3.91. The Bertz CT molecular complexity index is 366. The Kier molecular flexibility index (Phi) is 3.48. The van der Waals surface area contributed by atoms with Gasteiger partial charge in [-0.25, -0.2) is 0 Å². The van der Waals surface area contributed by atoms with E-state index in [4.69, 9.17) is 5.26 Å². The van der Waals surface area contributed by atoms with Gasteiger partial charge in [0.15, 0.2) is 0 Å². The highest BCUT2D eigenvalue weighted by Crippen LogP contribution is 2.35. The van der Waals surface area contributed by atoms with Crippen LogP contribution < -0.4 is 0 Å². The van der Waals surface area contributed by atoms with Gasteiger partial charge in [0.25, 0.3) is 0 Å². The zero-order valence-electron chi connectivity index (χ0n) is 9.44. The first kappa shape index (κ1) is 11.7. The normalized spacial score (nSPS) is 16.7. The van der Waals surface area contributed by atoms with Gasteiger partial charge in [-0.2, -0.15) is 10.4 Å². The van der Waals surface area contributed by atoms with Gasteiger partial charge in [0, 0.05) is 18.3 Å². The second-order valence-electron chi connectivity index (χ2n) is 3.91. The molecule has 4 heteroatoms. The number of aliphatic hydroxyl groups excluding tert-OH is 1. The van der Waals surface area contributed by atoms with Gasteiger partial charge in [-0.1, -0.05) is 6.92 Å². The van der Waals surface area contributed by atoms with Gasteiger partial charge in [0.2, 0.25) is 0 Å². The van der Waals surface area contributed by atoms with Crippen LogP contribution in [-0.2, 0) is 6.54 Å². The van der Waals surface area contributed by atoms with Crippen molar-refractivity contribution in [2.75, 3.05) is 0 Å². The van der Waals surface area contributed by atoms with E-state index in [1.54, 1.807) is 24.0 Å². The molecule has 0 saturated carbocycles. The van der Waals surface area contributed by atoms with E-state index in [1.165, 1.54) is 0 Å². The molecule has 0 aromatic carbocycles. The van der Waals surface area contributed by atoms with Crippen molar-refractivity contribution in [2.45, 2.75) is 39.8 Å². The maximum atomic E-state index is 10.1. The summed E-state index contributed by atoms with van der Waals surface area (Å²) < 4.78 is 1.74. The number of nitrogens with zero attached hydrogens (tertiary/aromatic N) is 3. The highest BCUT2D eigenvalue weighted by molar-refractivity contribution is 5.16. The van der Waals surface area contributed by atoms with Crippen molar-refractivity contribution < 1.29 is 5.11 Å². The first-order chi connectivity index (χ1) is 7.07. The summed E-state index contributed by atoms with van der Waals surface area (Å²) in [4.78, 5) is 0. The standard InChI is InChI=1S/C11H17N3O/c1-4-11(3,8-12)10(15)9-6-13-14(5-2)7-9/h6-7,10,15H,4-5H2,1-3H3. The quantitative estimate of drug-likeness (QED) is 0.819. The fourth-order valence-corrected chi connectivity index (χ4v) is 1.40. The number of rotatable bonds is 4. The predicted molar refractivity (Wildman–Crippen MR) is 56.9 cm³/mol. The van der Waals surface area contributed by atoms with Gasteiger partial charge in [0.05, 0.1) is 17.7 Å². The monoisotopic (exact) mass is 207 g/mol. The molecule has 1 aromatic rings. The SMILES string of the molecule is CCn1cc(C(O)C(C)(C#N)CC)cn1. The van der Waals surface area contributed by atoms with Gasteiger partial charge in [-0.15, -0.1) is 0 Å². The van der Waals surface area contributed by atoms with Crippen LogP contribution in [0.25, 0.3) is 0 Å². The number of hydrogen-bond acceptors (Lipinski definition) is 3. The molecule has 4 nitrogen and oxygen atoms in total. The lowest BCUT2D eigenvalue weighted by Gasteiger charge is -2.25. The van der Waals surface area contributed by atoms with Crippen LogP contribution in [0.4, 0.5) is 0 Å². The summed E-state index contributed by atoms with van der Waals surface area (Å²) in [6.07, 6.45) is 3.25. The number of hydrogen-bond donors (Lipinski definition) is 1. The van der Waals surface area contributed by atoms with E-state index in [2.05, 4.69) is 11.2 Å². The van der Waals surface area contributed by atoms with Crippen molar-refractivity contribution in [3.8, 4) is 6.07 Å². The van der Waals surface area contributed by atoms with E-state index >= 15 is 0 Å². The molecule has 1 rings (SSSR count). The Morgan fingerprint density at radius 3 is 2.73 bits per heavy atom. The highest BCUT2D eigenvalue weighted by Gasteiger charge is 2.33. The van der Waals surface area contributed by atoms with Crippen LogP contribution in [0.3, 0.4) is 0 Å². The maximum absolute atomic E-state index is 10.1. The van der Waals surface area contributed by atoms with Crippen molar-refractivity contribution in [3.05, 3.63) is 18.0 Å². The molecule has 0 amide bonds. The summed E-state index contributed by atoms with van der Waals surface area (Å²) in [5.41, 5.74) is -0.0236. The largest absolute Gasteiger partial charge is 0.387 e. The third-order valence-electron chi connectivity index (χ3n) is 2.89. The van der Waals surface area contributed by atoms with Gasteiger partial charge in [-0.3, -0.25) is 4.68 Å². The molecule has 1 heterocycles. The minimum atomic E-state index is -0.771. The Balaban J connectivity index is 2.93. The van der Waals surface area contributed by atoms with Crippen LogP contribution >= 0.6 is 0 Å². The lowest BCUT2D eigenvalue weighted by molar-refractivity contribution is 0.0721. The van der Waals surface area contributed by atoms with E-state index in [-0.39, 0.29) is 0 Å². The maximum Gasteiger partial charge on any atom is 0.100 e. The molecule has 1 aromatic heterocycles. The summed E-state index contributed by atoms with van der Waals surface area (Å²) in [5, 5.41) is 23.2. The van der Waals surface area contributed by atoms with E-state index in [9.17, 15) is 5.11 Å². The fourth-order valence-electron chi connectivity index (χ4n) is 1.40. The zero-order valence-corrected chi connectivity index (χ0v) is 9.44. The molecule has 0 aliphatic rings. The molecule has 0 aliphatic carbocycles. The molecule has 0 saturated heterocycles. The molecule has 0 fully saturated rings. The van der Waals surface area contributed by atoms with Crippen molar-refractivity contribution >= 4 is 0 Å². The summed E-state index contributed by atoms with van der Waals surface area (Å²) in [6.45, 7) is 6.41. The van der Waals surface area contributed by atoms with Crippen LogP contribution in [0.2, 0.25) is 0 Å². The number of nitriles is 1. The first-order valence-electron chi connectivity index (χ1n) is 5.19. The fraction of sp³-hybridized carbons (Fsp3) is 0.636. The van der Waals surface area contributed by atoms with Crippen molar-refractivity contribution in [1.82, 2.24) is 9.78 Å². The van der Waals surface area contributed by atoms with Crippen LogP contribution in [0.1, 0.15) is 38.9 Å². The Labute approximate surface area is 90.1 Å². The predicted octanol–water partition coefficient (Wildman–Crippen LogP) is 1.88. The lowest BCUT2D eigenvalue weighted by Crippen LogP contribution is -2.22. The van der Waals surface area contributed by atoms with Crippen molar-refractivity contribution in [3.63, 3.8) is 0 Å². The molecule has 0 aliphatic heterocycles. The molecule has 2 unspecified atom stereocenters. The molecule has 82 valence electrons. The lowest BCUT2D eigenvalue weighted by atomic mass is 9.81. The summed E-state index contributed by atoms with van der Waals surface area (Å²) >= 11 is 0. The minimum Gasteiger partial charge on any atom is -0.387 e. The number of aliphatic hydroxyl groups is 1. The Hall–Kier alpha value is -1.34. The average molecular weight is 207 g/mol. The minimum absolute atomic E-state index is 0.613. The molecular formula is C11H17N3O. The molecule has 2 atom stereocenters. The van der Waals surface area contributed by atoms with Crippen molar-refractivity contribution in [1.29, 1.82) is 5.26 Å². The highest BCUT2D eigenvalue weighted by atomic mass is 16.3.